The van der Waals surface area contributed by atoms with Gasteiger partial charge in [0.15, 0.2) is 0 Å². The van der Waals surface area contributed by atoms with Gasteiger partial charge in [-0.2, -0.15) is 0 Å². The van der Waals surface area contributed by atoms with Crippen molar-refractivity contribution in [1.82, 2.24) is 5.32 Å². The third kappa shape index (κ3) is 3.76. The Hall–Kier alpha value is -0.610. The van der Waals surface area contributed by atoms with Crippen LogP contribution in [-0.4, -0.2) is 37.9 Å². The maximum Gasteiger partial charge on any atom is 0.322 e. The van der Waals surface area contributed by atoms with Crippen molar-refractivity contribution in [3.63, 3.8) is 0 Å². The molecule has 0 spiro atoms. The maximum absolute atomic E-state index is 11.6. The lowest BCUT2D eigenvalue weighted by atomic mass is 10.0. The highest BCUT2D eigenvalue weighted by Gasteiger charge is 2.30. The van der Waals surface area contributed by atoms with E-state index in [0.717, 1.165) is 19.4 Å². The molecular weight excluding hydrogens is 206 g/mol. The quantitative estimate of drug-likeness (QED) is 0.723. The molecule has 0 radical (unpaired) electrons. The van der Waals surface area contributed by atoms with E-state index in [-0.39, 0.29) is 24.2 Å². The number of ether oxygens (including phenoxy) is 2. The Balaban J connectivity index is 2.52. The molecule has 1 rings (SSSR count). The molecule has 3 unspecified atom stereocenters. The number of rotatable bonds is 5. The maximum atomic E-state index is 11.6. The molecule has 4 nitrogen and oxygen atoms in total. The zero-order valence-corrected chi connectivity index (χ0v) is 10.7. The van der Waals surface area contributed by atoms with Crippen LogP contribution in [0.3, 0.4) is 0 Å². The number of methoxy groups -OCH3 is 1. The van der Waals surface area contributed by atoms with E-state index in [0.29, 0.717) is 5.92 Å². The molecule has 0 aliphatic carbocycles. The molecule has 0 bridgehead atoms. The second kappa shape index (κ2) is 6.21. The van der Waals surface area contributed by atoms with Gasteiger partial charge in [0.25, 0.3) is 0 Å². The van der Waals surface area contributed by atoms with E-state index < -0.39 is 0 Å². The first-order valence-electron chi connectivity index (χ1n) is 6.00. The Kier molecular flexibility index (Phi) is 5.22. The van der Waals surface area contributed by atoms with Gasteiger partial charge in [0.05, 0.1) is 13.2 Å². The molecule has 1 N–H and O–H groups in total. The van der Waals surface area contributed by atoms with Gasteiger partial charge < -0.3 is 9.47 Å². The van der Waals surface area contributed by atoms with Gasteiger partial charge in [-0.1, -0.05) is 13.8 Å². The van der Waals surface area contributed by atoms with Gasteiger partial charge in [0, 0.05) is 12.6 Å². The molecule has 94 valence electrons. The van der Waals surface area contributed by atoms with Crippen molar-refractivity contribution in [1.29, 1.82) is 0 Å². The molecule has 0 saturated carbocycles. The first-order chi connectivity index (χ1) is 7.54. The second-order valence-electron chi connectivity index (χ2n) is 4.84. The minimum atomic E-state index is -0.209. The van der Waals surface area contributed by atoms with E-state index in [9.17, 15) is 4.79 Å². The van der Waals surface area contributed by atoms with Crippen LogP contribution < -0.4 is 5.32 Å². The fourth-order valence-corrected chi connectivity index (χ4v) is 2.05. The first-order valence-corrected chi connectivity index (χ1v) is 6.00. The Morgan fingerprint density at radius 2 is 2.25 bits per heavy atom. The Labute approximate surface area is 97.7 Å². The van der Waals surface area contributed by atoms with E-state index in [1.807, 2.05) is 6.92 Å². The summed E-state index contributed by atoms with van der Waals surface area (Å²) in [7, 11) is 1.44. The number of carbonyl (C=O) groups is 1. The molecule has 0 amide bonds. The Morgan fingerprint density at radius 1 is 1.56 bits per heavy atom. The normalized spacial score (nSPS) is 27.1. The molecule has 16 heavy (non-hydrogen) atoms. The van der Waals surface area contributed by atoms with E-state index >= 15 is 0 Å². The van der Waals surface area contributed by atoms with E-state index in [1.54, 1.807) is 0 Å². The van der Waals surface area contributed by atoms with Crippen LogP contribution in [0.4, 0.5) is 0 Å². The smallest absolute Gasteiger partial charge is 0.322 e. The third-order valence-electron chi connectivity index (χ3n) is 2.98. The Morgan fingerprint density at radius 3 is 2.69 bits per heavy atom. The molecule has 3 atom stereocenters. The SMILES string of the molecule is COC(=O)C(CC(C)C)NC1CCOC1C. The van der Waals surface area contributed by atoms with Gasteiger partial charge in [-0.25, -0.2) is 0 Å². The van der Waals surface area contributed by atoms with Gasteiger partial charge in [0.1, 0.15) is 6.04 Å². The van der Waals surface area contributed by atoms with Crippen molar-refractivity contribution < 1.29 is 14.3 Å². The van der Waals surface area contributed by atoms with Crippen molar-refractivity contribution in [2.75, 3.05) is 13.7 Å². The molecule has 1 heterocycles. The molecule has 0 aromatic rings. The third-order valence-corrected chi connectivity index (χ3v) is 2.98. The summed E-state index contributed by atoms with van der Waals surface area (Å²) in [6.45, 7) is 7.02. The highest BCUT2D eigenvalue weighted by molar-refractivity contribution is 5.75. The fourth-order valence-electron chi connectivity index (χ4n) is 2.05. The van der Waals surface area contributed by atoms with E-state index in [1.165, 1.54) is 7.11 Å². The molecule has 1 aliphatic heterocycles. The lowest BCUT2D eigenvalue weighted by molar-refractivity contribution is -0.143. The fraction of sp³-hybridized carbons (Fsp3) is 0.917. The highest BCUT2D eigenvalue weighted by atomic mass is 16.5. The summed E-state index contributed by atoms with van der Waals surface area (Å²) in [6.07, 6.45) is 1.95. The van der Waals surface area contributed by atoms with Crippen LogP contribution in [0.5, 0.6) is 0 Å². The zero-order chi connectivity index (χ0) is 12.1. The summed E-state index contributed by atoms with van der Waals surface area (Å²) in [4.78, 5) is 11.6. The van der Waals surface area contributed by atoms with Gasteiger partial charge in [-0.15, -0.1) is 0 Å². The molecule has 1 saturated heterocycles. The van der Waals surface area contributed by atoms with E-state index in [4.69, 9.17) is 9.47 Å². The number of nitrogens with one attached hydrogen (secondary N) is 1. The van der Waals surface area contributed by atoms with Gasteiger partial charge in [-0.3, -0.25) is 10.1 Å². The lowest BCUT2D eigenvalue weighted by Gasteiger charge is -2.24. The van der Waals surface area contributed by atoms with E-state index in [2.05, 4.69) is 19.2 Å². The number of hydrogen-bond acceptors (Lipinski definition) is 4. The van der Waals surface area contributed by atoms with Crippen molar-refractivity contribution in [2.45, 2.75) is 51.8 Å². The van der Waals surface area contributed by atoms with Crippen LogP contribution in [0.15, 0.2) is 0 Å². The van der Waals surface area contributed by atoms with Gasteiger partial charge in [-0.05, 0) is 25.7 Å². The van der Waals surface area contributed by atoms with Crippen LogP contribution in [-0.2, 0) is 14.3 Å². The van der Waals surface area contributed by atoms with Crippen molar-refractivity contribution in [3.05, 3.63) is 0 Å². The van der Waals surface area contributed by atoms with Crippen LogP contribution in [0.1, 0.15) is 33.6 Å². The standard InChI is InChI=1S/C12H23NO3/c1-8(2)7-11(12(14)15-4)13-10-5-6-16-9(10)3/h8-11,13H,5-7H2,1-4H3. The first kappa shape index (κ1) is 13.5. The monoisotopic (exact) mass is 229 g/mol. The summed E-state index contributed by atoms with van der Waals surface area (Å²) in [5.41, 5.74) is 0. The summed E-state index contributed by atoms with van der Waals surface area (Å²) in [5.74, 6) is 0.294. The molecular formula is C12H23NO3. The number of esters is 1. The Bertz CT molecular complexity index is 230. The molecule has 1 aliphatic rings. The zero-order valence-electron chi connectivity index (χ0n) is 10.7. The average molecular weight is 229 g/mol. The highest BCUT2D eigenvalue weighted by Crippen LogP contribution is 2.15. The predicted octanol–water partition coefficient (Wildman–Crippen LogP) is 1.34. The van der Waals surface area contributed by atoms with Gasteiger partial charge >= 0.3 is 5.97 Å². The summed E-state index contributed by atoms with van der Waals surface area (Å²) >= 11 is 0. The average Bonchev–Trinajstić information content (AvgIpc) is 2.61. The summed E-state index contributed by atoms with van der Waals surface area (Å²) in [6, 6.07) is 0.0574. The largest absolute Gasteiger partial charge is 0.468 e. The lowest BCUT2D eigenvalue weighted by Crippen LogP contribution is -2.47. The topological polar surface area (TPSA) is 47.6 Å². The minimum Gasteiger partial charge on any atom is -0.468 e. The molecule has 1 fully saturated rings. The van der Waals surface area contributed by atoms with Crippen LogP contribution >= 0.6 is 0 Å². The minimum absolute atomic E-state index is 0.173. The number of hydrogen-bond donors (Lipinski definition) is 1. The number of carbonyl (C=O) groups excluding carboxylic acids is 1. The van der Waals surface area contributed by atoms with Crippen LogP contribution in [0.2, 0.25) is 0 Å². The second-order valence-corrected chi connectivity index (χ2v) is 4.84. The van der Waals surface area contributed by atoms with Crippen molar-refractivity contribution >= 4 is 5.97 Å². The van der Waals surface area contributed by atoms with Crippen LogP contribution in [0.25, 0.3) is 0 Å². The van der Waals surface area contributed by atoms with Gasteiger partial charge in [0.2, 0.25) is 0 Å². The molecule has 0 aromatic heterocycles. The molecule has 0 aromatic carbocycles. The summed E-state index contributed by atoms with van der Waals surface area (Å²) < 4.78 is 10.3. The predicted molar refractivity (Wildman–Crippen MR) is 62.2 cm³/mol. The van der Waals surface area contributed by atoms with Crippen molar-refractivity contribution in [2.24, 2.45) is 5.92 Å². The van der Waals surface area contributed by atoms with Crippen LogP contribution in [0, 0.1) is 5.92 Å². The summed E-state index contributed by atoms with van der Waals surface area (Å²) in [5, 5.41) is 3.35. The van der Waals surface area contributed by atoms with Crippen molar-refractivity contribution in [3.8, 4) is 0 Å². The molecule has 4 heteroatoms.